The molecule has 2 heterocycles. The first-order chi connectivity index (χ1) is 11.1. The summed E-state index contributed by atoms with van der Waals surface area (Å²) in [6.45, 7) is 1.88. The van der Waals surface area contributed by atoms with Crippen LogP contribution in [0.5, 0.6) is 0 Å². The molecule has 0 aliphatic rings. The van der Waals surface area contributed by atoms with Crippen LogP contribution in [0.15, 0.2) is 42.6 Å². The van der Waals surface area contributed by atoms with Crippen molar-refractivity contribution in [1.29, 1.82) is 5.26 Å². The maximum absolute atomic E-state index is 10.8. The van der Waals surface area contributed by atoms with E-state index < -0.39 is 4.92 Å². The molecule has 0 fully saturated rings. The fourth-order valence-electron chi connectivity index (χ4n) is 2.32. The number of nitriles is 1. The number of anilines is 1. The van der Waals surface area contributed by atoms with E-state index in [4.69, 9.17) is 0 Å². The van der Waals surface area contributed by atoms with Crippen molar-refractivity contribution in [3.05, 3.63) is 64.1 Å². The predicted octanol–water partition coefficient (Wildman–Crippen LogP) is 2.68. The van der Waals surface area contributed by atoms with Gasteiger partial charge in [-0.2, -0.15) is 5.26 Å². The van der Waals surface area contributed by atoms with Crippen molar-refractivity contribution in [1.82, 2.24) is 14.6 Å². The van der Waals surface area contributed by atoms with Crippen LogP contribution in [0.25, 0.3) is 5.65 Å². The average Bonchev–Trinajstić information content (AvgIpc) is 2.99. The topological polar surface area (TPSA) is 109 Å². The zero-order valence-electron chi connectivity index (χ0n) is 12.2. The Hall–Kier alpha value is -3.47. The summed E-state index contributed by atoms with van der Waals surface area (Å²) in [4.78, 5) is 10.3. The van der Waals surface area contributed by atoms with Gasteiger partial charge in [-0.1, -0.05) is 6.07 Å². The number of non-ortho nitro benzene ring substituents is 1. The highest BCUT2D eigenvalue weighted by molar-refractivity contribution is 5.62. The molecule has 0 spiro atoms. The SMILES string of the molecule is CC(Nc1ccc([N+](=O)[O-])cc1C#N)c1nnc2ccccn12. The molecule has 3 aromatic rings. The van der Waals surface area contributed by atoms with Crippen molar-refractivity contribution in [2.24, 2.45) is 0 Å². The molecule has 1 aromatic carbocycles. The van der Waals surface area contributed by atoms with Gasteiger partial charge in [0.25, 0.3) is 5.69 Å². The molecule has 2 aromatic heterocycles. The number of hydrogen-bond donors (Lipinski definition) is 1. The second-order valence-corrected chi connectivity index (χ2v) is 4.95. The van der Waals surface area contributed by atoms with E-state index in [2.05, 4.69) is 15.5 Å². The van der Waals surface area contributed by atoms with E-state index in [1.807, 2.05) is 41.8 Å². The summed E-state index contributed by atoms with van der Waals surface area (Å²) in [7, 11) is 0. The quantitative estimate of drug-likeness (QED) is 0.586. The fraction of sp³-hybridized carbons (Fsp3) is 0.133. The molecule has 23 heavy (non-hydrogen) atoms. The molecule has 8 nitrogen and oxygen atoms in total. The first kappa shape index (κ1) is 14.5. The molecule has 3 rings (SSSR count). The lowest BCUT2D eigenvalue weighted by atomic mass is 10.1. The Morgan fingerprint density at radius 3 is 2.91 bits per heavy atom. The lowest BCUT2D eigenvalue weighted by Crippen LogP contribution is -2.11. The molecule has 1 atom stereocenters. The van der Waals surface area contributed by atoms with Crippen molar-refractivity contribution in [3.8, 4) is 6.07 Å². The third-order valence-corrected chi connectivity index (χ3v) is 3.43. The van der Waals surface area contributed by atoms with Crippen LogP contribution in [0.4, 0.5) is 11.4 Å². The van der Waals surface area contributed by atoms with E-state index >= 15 is 0 Å². The van der Waals surface area contributed by atoms with E-state index in [1.54, 1.807) is 0 Å². The van der Waals surface area contributed by atoms with Gasteiger partial charge in [-0.25, -0.2) is 0 Å². The molecule has 0 saturated carbocycles. The van der Waals surface area contributed by atoms with Crippen LogP contribution >= 0.6 is 0 Å². The highest BCUT2D eigenvalue weighted by Crippen LogP contribution is 2.25. The van der Waals surface area contributed by atoms with E-state index in [0.717, 1.165) is 5.65 Å². The zero-order chi connectivity index (χ0) is 16.4. The number of aromatic nitrogens is 3. The number of hydrogen-bond acceptors (Lipinski definition) is 6. The molecule has 0 aliphatic carbocycles. The van der Waals surface area contributed by atoms with E-state index in [-0.39, 0.29) is 17.3 Å². The number of nitrogens with one attached hydrogen (secondary N) is 1. The van der Waals surface area contributed by atoms with Crippen LogP contribution in [0.1, 0.15) is 24.4 Å². The maximum atomic E-state index is 10.8. The van der Waals surface area contributed by atoms with Gasteiger partial charge in [0.1, 0.15) is 6.07 Å². The van der Waals surface area contributed by atoms with Gasteiger partial charge < -0.3 is 5.32 Å². The molecule has 1 unspecified atom stereocenters. The molecule has 0 radical (unpaired) electrons. The lowest BCUT2D eigenvalue weighted by Gasteiger charge is -2.14. The number of rotatable bonds is 4. The van der Waals surface area contributed by atoms with Crippen LogP contribution in [-0.4, -0.2) is 19.5 Å². The van der Waals surface area contributed by atoms with E-state index in [1.165, 1.54) is 18.2 Å². The molecular formula is C15H12N6O2. The molecular weight excluding hydrogens is 296 g/mol. The van der Waals surface area contributed by atoms with Crippen LogP contribution in [0, 0.1) is 21.4 Å². The van der Waals surface area contributed by atoms with Crippen molar-refractivity contribution >= 4 is 17.0 Å². The smallest absolute Gasteiger partial charge is 0.270 e. The number of nitrogens with zero attached hydrogens (tertiary/aromatic N) is 5. The minimum absolute atomic E-state index is 0.118. The molecule has 114 valence electrons. The summed E-state index contributed by atoms with van der Waals surface area (Å²) < 4.78 is 1.84. The number of benzene rings is 1. The predicted molar refractivity (Wildman–Crippen MR) is 82.8 cm³/mol. The Labute approximate surface area is 131 Å². The average molecular weight is 308 g/mol. The minimum Gasteiger partial charge on any atom is -0.374 e. The summed E-state index contributed by atoms with van der Waals surface area (Å²) in [6.07, 6.45) is 1.85. The van der Waals surface area contributed by atoms with Crippen molar-refractivity contribution < 1.29 is 4.92 Å². The van der Waals surface area contributed by atoms with Gasteiger partial charge in [0, 0.05) is 18.3 Å². The van der Waals surface area contributed by atoms with Gasteiger partial charge in [-0.15, -0.1) is 10.2 Å². The highest BCUT2D eigenvalue weighted by Gasteiger charge is 2.16. The molecule has 0 bridgehead atoms. The molecule has 8 heteroatoms. The van der Waals surface area contributed by atoms with Gasteiger partial charge in [0.05, 0.1) is 22.2 Å². The minimum atomic E-state index is -0.528. The van der Waals surface area contributed by atoms with Gasteiger partial charge >= 0.3 is 0 Å². The van der Waals surface area contributed by atoms with Gasteiger partial charge in [-0.05, 0) is 25.1 Å². The second-order valence-electron chi connectivity index (χ2n) is 4.95. The molecule has 0 amide bonds. The van der Waals surface area contributed by atoms with Crippen LogP contribution in [0.2, 0.25) is 0 Å². The standard InChI is InChI=1S/C15H12N6O2/c1-10(15-19-18-14-4-2-3-7-20(14)15)17-13-6-5-12(21(22)23)8-11(13)9-16/h2-8,10,17H,1H3. The monoisotopic (exact) mass is 308 g/mol. The third kappa shape index (κ3) is 2.67. The number of fused-ring (bicyclic) bond motifs is 1. The number of nitro groups is 1. The molecule has 1 N–H and O–H groups in total. The lowest BCUT2D eigenvalue weighted by molar-refractivity contribution is -0.384. The maximum Gasteiger partial charge on any atom is 0.270 e. The van der Waals surface area contributed by atoms with Crippen molar-refractivity contribution in [3.63, 3.8) is 0 Å². The Morgan fingerprint density at radius 1 is 1.35 bits per heavy atom. The van der Waals surface area contributed by atoms with Crippen LogP contribution < -0.4 is 5.32 Å². The van der Waals surface area contributed by atoms with Crippen molar-refractivity contribution in [2.45, 2.75) is 13.0 Å². The number of pyridine rings is 1. The molecule has 0 aliphatic heterocycles. The Bertz CT molecular complexity index is 927. The fourth-order valence-corrected chi connectivity index (χ4v) is 2.32. The summed E-state index contributed by atoms with van der Waals surface area (Å²) in [5, 5.41) is 31.4. The summed E-state index contributed by atoms with van der Waals surface area (Å²) in [6, 6.07) is 11.5. The third-order valence-electron chi connectivity index (χ3n) is 3.43. The molecule has 0 saturated heterocycles. The van der Waals surface area contributed by atoms with E-state index in [9.17, 15) is 15.4 Å². The first-order valence-corrected chi connectivity index (χ1v) is 6.85. The Balaban J connectivity index is 1.92. The van der Waals surface area contributed by atoms with Gasteiger partial charge in [0.15, 0.2) is 11.5 Å². The van der Waals surface area contributed by atoms with Gasteiger partial charge in [0.2, 0.25) is 0 Å². The van der Waals surface area contributed by atoms with Crippen LogP contribution in [-0.2, 0) is 0 Å². The highest BCUT2D eigenvalue weighted by atomic mass is 16.6. The summed E-state index contributed by atoms with van der Waals surface area (Å²) in [5.41, 5.74) is 1.33. The van der Waals surface area contributed by atoms with Crippen LogP contribution in [0.3, 0.4) is 0 Å². The largest absolute Gasteiger partial charge is 0.374 e. The Morgan fingerprint density at radius 2 is 2.17 bits per heavy atom. The normalized spacial score (nSPS) is 11.8. The second kappa shape index (κ2) is 5.73. The summed E-state index contributed by atoms with van der Waals surface area (Å²) >= 11 is 0. The van der Waals surface area contributed by atoms with E-state index in [0.29, 0.717) is 11.5 Å². The summed E-state index contributed by atoms with van der Waals surface area (Å²) in [5.74, 6) is 0.683. The Kier molecular flexibility index (Phi) is 3.60. The van der Waals surface area contributed by atoms with Gasteiger partial charge in [-0.3, -0.25) is 14.5 Å². The first-order valence-electron chi connectivity index (χ1n) is 6.85. The zero-order valence-corrected chi connectivity index (χ0v) is 12.2. The number of nitro benzene ring substituents is 1. The van der Waals surface area contributed by atoms with Crippen molar-refractivity contribution in [2.75, 3.05) is 5.32 Å².